The van der Waals surface area contributed by atoms with E-state index in [0.29, 0.717) is 11.4 Å². The average Bonchev–Trinajstić information content (AvgIpc) is 3.00. The van der Waals surface area contributed by atoms with Crippen LogP contribution >= 0.6 is 0 Å². The molecule has 2 N–H and O–H groups in total. The first-order chi connectivity index (χ1) is 9.86. The minimum atomic E-state index is 0.619. The Morgan fingerprint density at radius 3 is 3.10 bits per heavy atom. The smallest absolute Gasteiger partial charge is 0.144 e. The van der Waals surface area contributed by atoms with Crippen molar-refractivity contribution >= 4 is 16.7 Å². The fourth-order valence-electron chi connectivity index (χ4n) is 2.69. The Bertz CT molecular complexity index is 638. The quantitative estimate of drug-likeness (QED) is 0.892. The molecule has 3 rings (SSSR count). The second-order valence-electron chi connectivity index (χ2n) is 5.26. The molecule has 0 spiro atoms. The monoisotopic (exact) mass is 266 g/mol. The van der Waals surface area contributed by atoms with Gasteiger partial charge in [0, 0.05) is 11.9 Å². The van der Waals surface area contributed by atoms with Gasteiger partial charge >= 0.3 is 0 Å². The molecule has 1 fully saturated rings. The number of rotatable bonds is 4. The molecule has 4 heteroatoms. The zero-order valence-electron chi connectivity index (χ0n) is 11.4. The highest BCUT2D eigenvalue weighted by Crippen LogP contribution is 2.20. The van der Waals surface area contributed by atoms with E-state index in [0.717, 1.165) is 42.9 Å². The lowest BCUT2D eigenvalue weighted by Gasteiger charge is -2.11. The van der Waals surface area contributed by atoms with Crippen molar-refractivity contribution in [3.05, 3.63) is 35.9 Å². The molecular formula is C16H18N4. The number of aromatic nitrogens is 1. The van der Waals surface area contributed by atoms with Gasteiger partial charge in [0.05, 0.1) is 11.1 Å². The van der Waals surface area contributed by atoms with Crippen molar-refractivity contribution in [2.24, 2.45) is 5.92 Å². The van der Waals surface area contributed by atoms with Crippen LogP contribution in [0.25, 0.3) is 10.9 Å². The van der Waals surface area contributed by atoms with Gasteiger partial charge in [-0.15, -0.1) is 0 Å². The van der Waals surface area contributed by atoms with Crippen molar-refractivity contribution in [3.63, 3.8) is 0 Å². The molecule has 1 aliphatic heterocycles. The van der Waals surface area contributed by atoms with Crippen LogP contribution in [-0.4, -0.2) is 24.6 Å². The van der Waals surface area contributed by atoms with Crippen molar-refractivity contribution in [2.75, 3.05) is 25.0 Å². The van der Waals surface area contributed by atoms with Gasteiger partial charge in [-0.1, -0.05) is 18.2 Å². The molecule has 2 heterocycles. The molecule has 4 nitrogen and oxygen atoms in total. The van der Waals surface area contributed by atoms with Gasteiger partial charge < -0.3 is 10.6 Å². The van der Waals surface area contributed by atoms with Crippen molar-refractivity contribution in [1.29, 1.82) is 5.26 Å². The Morgan fingerprint density at radius 1 is 1.40 bits per heavy atom. The second kappa shape index (κ2) is 5.89. The standard InChI is InChI=1S/C16H18N4/c17-10-14-9-13-3-1-2-4-15(13)20-16(14)19-8-6-12-5-7-18-11-12/h1-4,9,12,18H,5-8,11H2,(H,19,20). The molecule has 1 aliphatic rings. The molecule has 0 radical (unpaired) electrons. The number of anilines is 1. The third kappa shape index (κ3) is 2.73. The molecule has 1 atom stereocenters. The van der Waals surface area contributed by atoms with Crippen LogP contribution in [0, 0.1) is 17.2 Å². The lowest BCUT2D eigenvalue weighted by Crippen LogP contribution is -2.13. The minimum Gasteiger partial charge on any atom is -0.369 e. The Kier molecular flexibility index (Phi) is 3.80. The Morgan fingerprint density at radius 2 is 2.30 bits per heavy atom. The summed E-state index contributed by atoms with van der Waals surface area (Å²) < 4.78 is 0. The number of para-hydroxylation sites is 1. The predicted octanol–water partition coefficient (Wildman–Crippen LogP) is 2.52. The third-order valence-electron chi connectivity index (χ3n) is 3.85. The Labute approximate surface area is 118 Å². The van der Waals surface area contributed by atoms with E-state index in [1.165, 1.54) is 6.42 Å². The summed E-state index contributed by atoms with van der Waals surface area (Å²) in [6.07, 6.45) is 2.37. The average molecular weight is 266 g/mol. The highest BCUT2D eigenvalue weighted by molar-refractivity contribution is 5.82. The summed E-state index contributed by atoms with van der Waals surface area (Å²) in [7, 11) is 0. The summed E-state index contributed by atoms with van der Waals surface area (Å²) >= 11 is 0. The zero-order chi connectivity index (χ0) is 13.8. The highest BCUT2D eigenvalue weighted by atomic mass is 15.0. The van der Waals surface area contributed by atoms with Crippen LogP contribution in [0.1, 0.15) is 18.4 Å². The number of nitrogens with zero attached hydrogens (tertiary/aromatic N) is 2. The van der Waals surface area contributed by atoms with E-state index in [4.69, 9.17) is 0 Å². The van der Waals surface area contributed by atoms with Crippen molar-refractivity contribution in [1.82, 2.24) is 10.3 Å². The molecule has 0 bridgehead atoms. The topological polar surface area (TPSA) is 60.7 Å². The summed E-state index contributed by atoms with van der Waals surface area (Å²) in [5.41, 5.74) is 1.55. The summed E-state index contributed by atoms with van der Waals surface area (Å²) in [4.78, 5) is 4.56. The molecule has 1 unspecified atom stereocenters. The number of pyridine rings is 1. The fraction of sp³-hybridized carbons (Fsp3) is 0.375. The lowest BCUT2D eigenvalue weighted by molar-refractivity contribution is 0.549. The van der Waals surface area contributed by atoms with Crippen LogP contribution in [-0.2, 0) is 0 Å². The Hall–Kier alpha value is -2.12. The predicted molar refractivity (Wildman–Crippen MR) is 80.5 cm³/mol. The first-order valence-electron chi connectivity index (χ1n) is 7.11. The van der Waals surface area contributed by atoms with E-state index < -0.39 is 0 Å². The first kappa shape index (κ1) is 12.9. The van der Waals surface area contributed by atoms with Gasteiger partial charge in [-0.05, 0) is 44.0 Å². The number of hydrogen-bond donors (Lipinski definition) is 2. The van der Waals surface area contributed by atoms with E-state index in [1.807, 2.05) is 30.3 Å². The van der Waals surface area contributed by atoms with Crippen LogP contribution in [0.15, 0.2) is 30.3 Å². The highest BCUT2D eigenvalue weighted by Gasteiger charge is 2.14. The first-order valence-corrected chi connectivity index (χ1v) is 7.11. The zero-order valence-corrected chi connectivity index (χ0v) is 11.4. The molecule has 0 amide bonds. The van der Waals surface area contributed by atoms with Gasteiger partial charge in [-0.25, -0.2) is 4.98 Å². The maximum absolute atomic E-state index is 9.25. The number of nitriles is 1. The lowest BCUT2D eigenvalue weighted by atomic mass is 10.1. The molecular weight excluding hydrogens is 248 g/mol. The van der Waals surface area contributed by atoms with Crippen LogP contribution < -0.4 is 10.6 Å². The summed E-state index contributed by atoms with van der Waals surface area (Å²) in [6, 6.07) is 12.0. The molecule has 102 valence electrons. The van der Waals surface area contributed by atoms with Crippen molar-refractivity contribution in [2.45, 2.75) is 12.8 Å². The normalized spacial score (nSPS) is 18.1. The van der Waals surface area contributed by atoms with E-state index in [1.54, 1.807) is 0 Å². The second-order valence-corrected chi connectivity index (χ2v) is 5.26. The molecule has 0 saturated carbocycles. The van der Waals surface area contributed by atoms with E-state index in [-0.39, 0.29) is 0 Å². The molecule has 1 saturated heterocycles. The molecule has 1 aromatic carbocycles. The number of fused-ring (bicyclic) bond motifs is 1. The van der Waals surface area contributed by atoms with Gasteiger partial charge in [0.25, 0.3) is 0 Å². The van der Waals surface area contributed by atoms with Crippen LogP contribution in [0.2, 0.25) is 0 Å². The molecule has 2 aromatic rings. The van der Waals surface area contributed by atoms with E-state index in [2.05, 4.69) is 21.7 Å². The minimum absolute atomic E-state index is 0.619. The van der Waals surface area contributed by atoms with E-state index >= 15 is 0 Å². The maximum Gasteiger partial charge on any atom is 0.144 e. The molecule has 20 heavy (non-hydrogen) atoms. The number of hydrogen-bond acceptors (Lipinski definition) is 4. The maximum atomic E-state index is 9.25. The van der Waals surface area contributed by atoms with Crippen LogP contribution in [0.5, 0.6) is 0 Å². The van der Waals surface area contributed by atoms with Gasteiger partial charge in [0.2, 0.25) is 0 Å². The van der Waals surface area contributed by atoms with Crippen LogP contribution in [0.4, 0.5) is 5.82 Å². The van der Waals surface area contributed by atoms with Gasteiger partial charge in [-0.3, -0.25) is 0 Å². The summed E-state index contributed by atoms with van der Waals surface area (Å²) in [5.74, 6) is 1.45. The van der Waals surface area contributed by atoms with E-state index in [9.17, 15) is 5.26 Å². The fourth-order valence-corrected chi connectivity index (χ4v) is 2.69. The molecule has 1 aromatic heterocycles. The van der Waals surface area contributed by atoms with Crippen LogP contribution in [0.3, 0.4) is 0 Å². The Balaban J connectivity index is 1.74. The third-order valence-corrected chi connectivity index (χ3v) is 3.85. The van der Waals surface area contributed by atoms with Gasteiger partial charge in [-0.2, -0.15) is 5.26 Å². The molecule has 0 aliphatic carbocycles. The summed E-state index contributed by atoms with van der Waals surface area (Å²) in [6.45, 7) is 3.10. The number of benzene rings is 1. The SMILES string of the molecule is N#Cc1cc2ccccc2nc1NCCC1CCNC1. The van der Waals surface area contributed by atoms with Crippen molar-refractivity contribution < 1.29 is 0 Å². The largest absolute Gasteiger partial charge is 0.369 e. The van der Waals surface area contributed by atoms with Gasteiger partial charge in [0.1, 0.15) is 11.9 Å². The van der Waals surface area contributed by atoms with Crippen molar-refractivity contribution in [3.8, 4) is 6.07 Å². The summed E-state index contributed by atoms with van der Waals surface area (Å²) in [5, 5.41) is 17.0. The van der Waals surface area contributed by atoms with Gasteiger partial charge in [0.15, 0.2) is 0 Å². The number of nitrogens with one attached hydrogen (secondary N) is 2.